The van der Waals surface area contributed by atoms with Crippen LogP contribution in [-0.4, -0.2) is 27.1 Å². The highest BCUT2D eigenvalue weighted by atomic mass is 35.5. The molecule has 2 heterocycles. The first-order chi connectivity index (χ1) is 10.1. The normalized spacial score (nSPS) is 15.4. The highest BCUT2D eigenvalue weighted by Crippen LogP contribution is 2.23. The summed E-state index contributed by atoms with van der Waals surface area (Å²) in [4.78, 5) is 14.1. The number of urea groups is 1. The number of fused-ring (bicyclic) bond motifs is 1. The lowest BCUT2D eigenvalue weighted by Gasteiger charge is -2.30. The Labute approximate surface area is 132 Å². The van der Waals surface area contributed by atoms with Gasteiger partial charge in [-0.25, -0.2) is 4.79 Å². The van der Waals surface area contributed by atoms with Gasteiger partial charge in [-0.1, -0.05) is 22.2 Å². The monoisotopic (exact) mass is 322 g/mol. The van der Waals surface area contributed by atoms with Crippen molar-refractivity contribution in [2.45, 2.75) is 25.9 Å². The van der Waals surface area contributed by atoms with Gasteiger partial charge in [0.25, 0.3) is 0 Å². The van der Waals surface area contributed by atoms with Crippen LogP contribution in [0.4, 0.5) is 4.79 Å². The third-order valence-corrected chi connectivity index (χ3v) is 4.39. The van der Waals surface area contributed by atoms with E-state index in [2.05, 4.69) is 14.9 Å². The topological polar surface area (TPSA) is 58.1 Å². The Morgan fingerprint density at radius 1 is 1.48 bits per heavy atom. The summed E-state index contributed by atoms with van der Waals surface area (Å²) in [7, 11) is 0. The van der Waals surface area contributed by atoms with Gasteiger partial charge in [0.2, 0.25) is 0 Å². The smallest absolute Gasteiger partial charge is 0.318 e. The highest BCUT2D eigenvalue weighted by Gasteiger charge is 2.22. The molecule has 1 aliphatic heterocycles. The molecule has 1 aliphatic rings. The molecule has 2 aromatic rings. The van der Waals surface area contributed by atoms with Gasteiger partial charge in [-0.2, -0.15) is 0 Å². The van der Waals surface area contributed by atoms with Crippen LogP contribution in [0.2, 0.25) is 5.02 Å². The van der Waals surface area contributed by atoms with E-state index >= 15 is 0 Å². The average molecular weight is 323 g/mol. The first-order valence-electron chi connectivity index (χ1n) is 6.73. The van der Waals surface area contributed by atoms with E-state index in [4.69, 9.17) is 11.6 Å². The summed E-state index contributed by atoms with van der Waals surface area (Å²) in [5, 5.41) is 9.53. The summed E-state index contributed by atoms with van der Waals surface area (Å²) in [5.41, 5.74) is 3.17. The quantitative estimate of drug-likeness (QED) is 0.924. The largest absolute Gasteiger partial charge is 0.330 e. The first kappa shape index (κ1) is 14.3. The molecule has 1 unspecified atom stereocenters. The first-order valence-corrected chi connectivity index (χ1v) is 7.94. The van der Waals surface area contributed by atoms with Gasteiger partial charge in [-0.15, -0.1) is 5.10 Å². The maximum atomic E-state index is 12.3. The van der Waals surface area contributed by atoms with Crippen LogP contribution >= 0.6 is 23.1 Å². The molecule has 1 atom stereocenters. The molecule has 21 heavy (non-hydrogen) atoms. The molecule has 0 spiro atoms. The Kier molecular flexibility index (Phi) is 4.07. The fourth-order valence-corrected chi connectivity index (χ4v) is 3.15. The number of rotatable bonds is 2. The van der Waals surface area contributed by atoms with Crippen LogP contribution in [0.1, 0.15) is 29.8 Å². The predicted molar refractivity (Wildman–Crippen MR) is 82.4 cm³/mol. The van der Waals surface area contributed by atoms with Gasteiger partial charge in [0.1, 0.15) is 0 Å². The van der Waals surface area contributed by atoms with Crippen LogP contribution in [-0.2, 0) is 13.0 Å². The predicted octanol–water partition coefficient (Wildman–Crippen LogP) is 3.02. The number of hydrogen-bond donors (Lipinski definition) is 1. The number of aromatic nitrogens is 2. The second-order valence-electron chi connectivity index (χ2n) is 5.09. The standard InChI is InChI=1S/C14H15ClN4OS/c1-9(13-8-21-18-17-13)16-14(20)19-5-4-10-6-12(15)3-2-11(10)7-19/h2-3,6,8-9H,4-5,7H2,1H3,(H,16,20). The van der Waals surface area contributed by atoms with Gasteiger partial charge in [-0.05, 0) is 48.1 Å². The van der Waals surface area contributed by atoms with Gasteiger partial charge in [-0.3, -0.25) is 0 Å². The summed E-state index contributed by atoms with van der Waals surface area (Å²) in [6, 6.07) is 5.63. The maximum Gasteiger partial charge on any atom is 0.318 e. The van der Waals surface area contributed by atoms with Gasteiger partial charge in [0.15, 0.2) is 0 Å². The number of hydrogen-bond acceptors (Lipinski definition) is 4. The number of carbonyl (C=O) groups excluding carboxylic acids is 1. The molecule has 2 amide bonds. The molecule has 0 saturated heterocycles. The van der Waals surface area contributed by atoms with Gasteiger partial charge in [0, 0.05) is 23.5 Å². The number of nitrogens with one attached hydrogen (secondary N) is 1. The second kappa shape index (κ2) is 5.99. The minimum atomic E-state index is -0.136. The molecule has 1 N–H and O–H groups in total. The molecule has 0 saturated carbocycles. The number of carbonyl (C=O) groups is 1. The highest BCUT2D eigenvalue weighted by molar-refractivity contribution is 7.03. The molecule has 3 rings (SSSR count). The van der Waals surface area contributed by atoms with Crippen molar-refractivity contribution >= 4 is 29.2 Å². The van der Waals surface area contributed by atoms with Crippen molar-refractivity contribution in [3.05, 3.63) is 45.4 Å². The summed E-state index contributed by atoms with van der Waals surface area (Å²) in [6.07, 6.45) is 0.829. The molecule has 0 bridgehead atoms. The fraction of sp³-hybridized carbons (Fsp3) is 0.357. The molecule has 0 radical (unpaired) electrons. The Morgan fingerprint density at radius 3 is 3.10 bits per heavy atom. The molecule has 5 nitrogen and oxygen atoms in total. The van der Waals surface area contributed by atoms with Crippen LogP contribution in [0.25, 0.3) is 0 Å². The SMILES string of the molecule is CC(NC(=O)N1CCc2cc(Cl)ccc2C1)c1csnn1. The van der Waals surface area contributed by atoms with Crippen LogP contribution in [0.3, 0.4) is 0 Å². The molecule has 110 valence electrons. The molecular formula is C14H15ClN4OS. The minimum Gasteiger partial charge on any atom is -0.330 e. The van der Waals surface area contributed by atoms with Gasteiger partial charge in [0.05, 0.1) is 11.7 Å². The Bertz CT molecular complexity index is 646. The fourth-order valence-electron chi connectivity index (χ4n) is 2.41. The zero-order valence-corrected chi connectivity index (χ0v) is 13.1. The number of halogens is 1. The summed E-state index contributed by atoms with van der Waals surface area (Å²) in [6.45, 7) is 3.22. The Hall–Kier alpha value is -1.66. The summed E-state index contributed by atoms with van der Waals surface area (Å²) in [5.74, 6) is 0. The van der Waals surface area contributed by atoms with Gasteiger partial charge < -0.3 is 10.2 Å². The third-order valence-electron chi connectivity index (χ3n) is 3.63. The van der Waals surface area contributed by atoms with Crippen LogP contribution in [0.5, 0.6) is 0 Å². The van der Waals surface area contributed by atoms with E-state index in [-0.39, 0.29) is 12.1 Å². The molecule has 0 fully saturated rings. The Balaban J connectivity index is 1.65. The molecule has 0 aliphatic carbocycles. The van der Waals surface area contributed by atoms with E-state index < -0.39 is 0 Å². The lowest BCUT2D eigenvalue weighted by Crippen LogP contribution is -2.43. The van der Waals surface area contributed by atoms with Crippen molar-refractivity contribution in [2.24, 2.45) is 0 Å². The number of nitrogens with zero attached hydrogens (tertiary/aromatic N) is 3. The Morgan fingerprint density at radius 2 is 2.33 bits per heavy atom. The van der Waals surface area contributed by atoms with Gasteiger partial charge >= 0.3 is 6.03 Å². The van der Waals surface area contributed by atoms with Crippen molar-refractivity contribution in [3.8, 4) is 0 Å². The number of amides is 2. The summed E-state index contributed by atoms with van der Waals surface area (Å²) < 4.78 is 3.82. The molecule has 1 aromatic carbocycles. The van der Waals surface area contributed by atoms with E-state index in [0.29, 0.717) is 13.1 Å². The third kappa shape index (κ3) is 3.16. The van der Waals surface area contributed by atoms with Crippen molar-refractivity contribution in [2.75, 3.05) is 6.54 Å². The molecule has 7 heteroatoms. The van der Waals surface area contributed by atoms with E-state index in [9.17, 15) is 4.79 Å². The maximum absolute atomic E-state index is 12.3. The van der Waals surface area contributed by atoms with Crippen molar-refractivity contribution in [3.63, 3.8) is 0 Å². The zero-order chi connectivity index (χ0) is 14.8. The van der Waals surface area contributed by atoms with E-state index in [0.717, 1.165) is 22.7 Å². The van der Waals surface area contributed by atoms with Crippen LogP contribution in [0.15, 0.2) is 23.6 Å². The second-order valence-corrected chi connectivity index (χ2v) is 6.13. The minimum absolute atomic E-state index is 0.0731. The molecule has 1 aromatic heterocycles. The van der Waals surface area contributed by atoms with E-state index in [1.165, 1.54) is 17.1 Å². The average Bonchev–Trinajstić information content (AvgIpc) is 3.01. The van der Waals surface area contributed by atoms with Crippen molar-refractivity contribution in [1.82, 2.24) is 19.8 Å². The lowest BCUT2D eigenvalue weighted by atomic mass is 10.0. The van der Waals surface area contributed by atoms with Crippen molar-refractivity contribution < 1.29 is 4.79 Å². The van der Waals surface area contributed by atoms with E-state index in [1.54, 1.807) is 0 Å². The number of benzene rings is 1. The van der Waals surface area contributed by atoms with Crippen LogP contribution in [0, 0.1) is 0 Å². The zero-order valence-electron chi connectivity index (χ0n) is 11.5. The van der Waals surface area contributed by atoms with Crippen molar-refractivity contribution in [1.29, 1.82) is 0 Å². The lowest BCUT2D eigenvalue weighted by molar-refractivity contribution is 0.189. The summed E-state index contributed by atoms with van der Waals surface area (Å²) >= 11 is 7.28. The van der Waals surface area contributed by atoms with Crippen LogP contribution < -0.4 is 5.32 Å². The molecular weight excluding hydrogens is 308 g/mol. The van der Waals surface area contributed by atoms with E-state index in [1.807, 2.05) is 35.4 Å².